The van der Waals surface area contributed by atoms with Crippen molar-refractivity contribution in [1.29, 1.82) is 0 Å². The molecule has 0 radical (unpaired) electrons. The van der Waals surface area contributed by atoms with Crippen LogP contribution in [0.25, 0.3) is 0 Å². The Hall–Kier alpha value is 0.01000. The van der Waals surface area contributed by atoms with Crippen LogP contribution >= 0.6 is 39.1 Å². The molecule has 0 atom stereocenters. The predicted molar refractivity (Wildman–Crippen MR) is 74.6 cm³/mol. The first-order valence-electron chi connectivity index (χ1n) is 5.22. The number of anilines is 1. The fourth-order valence-electron chi connectivity index (χ4n) is 1.41. The molecule has 16 heavy (non-hydrogen) atoms. The van der Waals surface area contributed by atoms with Crippen LogP contribution in [0.2, 0.25) is 5.02 Å². The highest BCUT2D eigenvalue weighted by molar-refractivity contribution is 9.10. The van der Waals surface area contributed by atoms with Crippen LogP contribution < -0.4 is 5.32 Å². The molecule has 0 aliphatic heterocycles. The minimum atomic E-state index is -0.106. The molecule has 90 valence electrons. The first kappa shape index (κ1) is 14.1. The van der Waals surface area contributed by atoms with E-state index in [9.17, 15) is 0 Å². The molecule has 5 heteroatoms. The smallest absolute Gasteiger partial charge is 0.140 e. The minimum Gasteiger partial charge on any atom is -0.363 e. The van der Waals surface area contributed by atoms with E-state index in [2.05, 4.69) is 40.1 Å². The number of rotatable bonds is 5. The normalized spacial score (nSPS) is 11.6. The number of hydrogen-bond donors (Lipinski definition) is 1. The SMILES string of the molecule is CCC(CC)(CCl)Nc1ncc(Cl)cc1Br. The van der Waals surface area contributed by atoms with Gasteiger partial charge in [0.1, 0.15) is 5.82 Å². The summed E-state index contributed by atoms with van der Waals surface area (Å²) in [6, 6.07) is 1.82. The second-order valence-corrected chi connectivity index (χ2v) is 5.29. The second kappa shape index (κ2) is 6.08. The Balaban J connectivity index is 2.93. The van der Waals surface area contributed by atoms with E-state index in [1.807, 2.05) is 6.07 Å². The zero-order valence-corrected chi connectivity index (χ0v) is 12.5. The maximum absolute atomic E-state index is 6.03. The third-order valence-electron chi connectivity index (χ3n) is 2.80. The van der Waals surface area contributed by atoms with Crippen LogP contribution in [0.1, 0.15) is 26.7 Å². The summed E-state index contributed by atoms with van der Waals surface area (Å²) >= 11 is 15.3. The van der Waals surface area contributed by atoms with Crippen molar-refractivity contribution in [2.24, 2.45) is 0 Å². The maximum Gasteiger partial charge on any atom is 0.140 e. The lowest BCUT2D eigenvalue weighted by Crippen LogP contribution is -2.39. The number of nitrogens with zero attached hydrogens (tertiary/aromatic N) is 1. The highest BCUT2D eigenvalue weighted by Gasteiger charge is 2.25. The van der Waals surface area contributed by atoms with Gasteiger partial charge >= 0.3 is 0 Å². The Bertz CT molecular complexity index is 346. The van der Waals surface area contributed by atoms with Crippen LogP contribution in [-0.2, 0) is 0 Å². The van der Waals surface area contributed by atoms with Gasteiger partial charge in [-0.15, -0.1) is 11.6 Å². The van der Waals surface area contributed by atoms with Gasteiger partial charge in [0, 0.05) is 12.1 Å². The number of nitrogens with one attached hydrogen (secondary N) is 1. The standard InChI is InChI=1S/C11H15BrCl2N2/c1-3-11(4-2,7-13)16-10-9(12)5-8(14)6-15-10/h5-6H,3-4,7H2,1-2H3,(H,15,16). The maximum atomic E-state index is 6.03. The van der Waals surface area contributed by atoms with Crippen molar-refractivity contribution in [3.63, 3.8) is 0 Å². The van der Waals surface area contributed by atoms with Crippen molar-refractivity contribution in [2.45, 2.75) is 32.2 Å². The van der Waals surface area contributed by atoms with Crippen molar-refractivity contribution in [2.75, 3.05) is 11.2 Å². The van der Waals surface area contributed by atoms with E-state index in [1.165, 1.54) is 0 Å². The number of halogens is 3. The molecule has 1 N–H and O–H groups in total. The first-order valence-corrected chi connectivity index (χ1v) is 6.92. The lowest BCUT2D eigenvalue weighted by molar-refractivity contribution is 0.482. The van der Waals surface area contributed by atoms with Gasteiger partial charge in [-0.05, 0) is 34.8 Å². The molecular weight excluding hydrogens is 311 g/mol. The average Bonchev–Trinajstić information content (AvgIpc) is 2.29. The second-order valence-electron chi connectivity index (χ2n) is 3.73. The molecule has 0 unspecified atom stereocenters. The van der Waals surface area contributed by atoms with E-state index in [0.717, 1.165) is 23.1 Å². The lowest BCUT2D eigenvalue weighted by atomic mass is 9.95. The van der Waals surface area contributed by atoms with E-state index >= 15 is 0 Å². The highest BCUT2D eigenvalue weighted by atomic mass is 79.9. The average molecular weight is 326 g/mol. The molecular formula is C11H15BrCl2N2. The molecule has 0 aliphatic rings. The predicted octanol–water partition coefficient (Wildman–Crippen LogP) is 4.71. The summed E-state index contributed by atoms with van der Waals surface area (Å²) in [4.78, 5) is 4.26. The molecule has 0 aliphatic carbocycles. The number of pyridine rings is 1. The molecule has 0 bridgehead atoms. The van der Waals surface area contributed by atoms with E-state index in [1.54, 1.807) is 6.20 Å². The largest absolute Gasteiger partial charge is 0.363 e. The summed E-state index contributed by atoms with van der Waals surface area (Å²) in [7, 11) is 0. The molecule has 0 saturated heterocycles. The van der Waals surface area contributed by atoms with Crippen molar-refractivity contribution in [1.82, 2.24) is 4.98 Å². The van der Waals surface area contributed by atoms with Gasteiger partial charge in [0.05, 0.1) is 15.0 Å². The van der Waals surface area contributed by atoms with Crippen molar-refractivity contribution in [3.05, 3.63) is 21.8 Å². The topological polar surface area (TPSA) is 24.9 Å². The van der Waals surface area contributed by atoms with Crippen molar-refractivity contribution in [3.8, 4) is 0 Å². The molecule has 1 aromatic heterocycles. The van der Waals surface area contributed by atoms with Crippen LogP contribution in [0.4, 0.5) is 5.82 Å². The van der Waals surface area contributed by atoms with Crippen molar-refractivity contribution >= 4 is 44.9 Å². The third kappa shape index (κ3) is 3.25. The van der Waals surface area contributed by atoms with E-state index in [4.69, 9.17) is 23.2 Å². The number of hydrogen-bond acceptors (Lipinski definition) is 2. The molecule has 1 aromatic rings. The Kier molecular flexibility index (Phi) is 5.35. The summed E-state index contributed by atoms with van der Waals surface area (Å²) in [6.45, 7) is 4.23. The summed E-state index contributed by atoms with van der Waals surface area (Å²) in [5.41, 5.74) is -0.106. The van der Waals surface area contributed by atoms with Gasteiger partial charge in [-0.2, -0.15) is 0 Å². The molecule has 1 rings (SSSR count). The van der Waals surface area contributed by atoms with Crippen LogP contribution in [-0.4, -0.2) is 16.4 Å². The van der Waals surface area contributed by atoms with Gasteiger partial charge in [-0.25, -0.2) is 4.98 Å². The van der Waals surface area contributed by atoms with Crippen LogP contribution in [0.15, 0.2) is 16.7 Å². The van der Waals surface area contributed by atoms with Gasteiger partial charge in [0.15, 0.2) is 0 Å². The van der Waals surface area contributed by atoms with Gasteiger partial charge < -0.3 is 5.32 Å². The Morgan fingerprint density at radius 1 is 1.44 bits per heavy atom. The lowest BCUT2D eigenvalue weighted by Gasteiger charge is -2.31. The van der Waals surface area contributed by atoms with Gasteiger partial charge in [0.25, 0.3) is 0 Å². The van der Waals surface area contributed by atoms with E-state index < -0.39 is 0 Å². The number of aromatic nitrogens is 1. The Morgan fingerprint density at radius 2 is 2.06 bits per heavy atom. The Morgan fingerprint density at radius 3 is 2.50 bits per heavy atom. The molecule has 0 aromatic carbocycles. The fraction of sp³-hybridized carbons (Fsp3) is 0.545. The van der Waals surface area contributed by atoms with Crippen LogP contribution in [0.5, 0.6) is 0 Å². The Labute approximate surface area is 115 Å². The van der Waals surface area contributed by atoms with Gasteiger partial charge in [-0.1, -0.05) is 25.4 Å². The summed E-state index contributed by atoms with van der Waals surface area (Å²) in [6.07, 6.45) is 3.52. The molecule has 1 heterocycles. The van der Waals surface area contributed by atoms with Crippen LogP contribution in [0, 0.1) is 0 Å². The monoisotopic (exact) mass is 324 g/mol. The summed E-state index contributed by atoms with van der Waals surface area (Å²) in [5.74, 6) is 1.34. The van der Waals surface area contributed by atoms with E-state index in [0.29, 0.717) is 10.9 Å². The molecule has 0 spiro atoms. The molecule has 0 fully saturated rings. The molecule has 0 saturated carbocycles. The summed E-state index contributed by atoms with van der Waals surface area (Å²) < 4.78 is 0.858. The third-order valence-corrected chi connectivity index (χ3v) is 4.12. The highest BCUT2D eigenvalue weighted by Crippen LogP contribution is 2.29. The minimum absolute atomic E-state index is 0.106. The quantitative estimate of drug-likeness (QED) is 0.793. The molecule has 0 amide bonds. The molecule has 2 nitrogen and oxygen atoms in total. The van der Waals surface area contributed by atoms with Crippen LogP contribution in [0.3, 0.4) is 0 Å². The zero-order chi connectivity index (χ0) is 12.2. The summed E-state index contributed by atoms with van der Waals surface area (Å²) in [5, 5.41) is 4.00. The number of alkyl halides is 1. The van der Waals surface area contributed by atoms with Gasteiger partial charge in [-0.3, -0.25) is 0 Å². The van der Waals surface area contributed by atoms with Crippen molar-refractivity contribution < 1.29 is 0 Å². The van der Waals surface area contributed by atoms with Gasteiger partial charge in [0.2, 0.25) is 0 Å². The van der Waals surface area contributed by atoms with E-state index in [-0.39, 0.29) is 5.54 Å². The zero-order valence-electron chi connectivity index (χ0n) is 9.36. The first-order chi connectivity index (χ1) is 7.56. The fourth-order valence-corrected chi connectivity index (χ4v) is 2.59.